The number of aromatic amines is 1. The molecule has 0 unspecified atom stereocenters. The average Bonchev–Trinajstić information content (AvgIpc) is 3.57. The SMILES string of the molecule is CCCCc1nc(C)n(Cc2cccc3c2OC(C)(C)C3)c(=O)c1Cc1ccc(-c2ccccc2-c2noc(=O)[nH]2)cc1. The van der Waals surface area contributed by atoms with Crippen molar-refractivity contribution in [1.82, 2.24) is 19.7 Å². The summed E-state index contributed by atoms with van der Waals surface area (Å²) in [5, 5.41) is 3.87. The number of benzene rings is 3. The fourth-order valence-electron chi connectivity index (χ4n) is 5.94. The molecule has 0 radical (unpaired) electrons. The summed E-state index contributed by atoms with van der Waals surface area (Å²) < 4.78 is 12.8. The molecule has 3 heterocycles. The molecule has 0 amide bonds. The van der Waals surface area contributed by atoms with Crippen LogP contribution in [0.15, 0.2) is 80.8 Å². The van der Waals surface area contributed by atoms with Gasteiger partial charge in [-0.3, -0.25) is 18.9 Å². The number of fused-ring (bicyclic) bond motifs is 1. The lowest BCUT2D eigenvalue weighted by atomic mass is 9.96. The minimum atomic E-state index is -0.593. The topological polar surface area (TPSA) is 103 Å². The quantitative estimate of drug-likeness (QED) is 0.222. The van der Waals surface area contributed by atoms with Crippen LogP contribution in [-0.2, 0) is 25.8 Å². The first-order valence-electron chi connectivity index (χ1n) is 14.9. The van der Waals surface area contributed by atoms with Gasteiger partial charge in [-0.2, -0.15) is 0 Å². The maximum absolute atomic E-state index is 14.1. The number of nitrogens with one attached hydrogen (secondary N) is 1. The molecule has 1 N–H and O–H groups in total. The normalized spacial score (nSPS) is 13.6. The van der Waals surface area contributed by atoms with Crippen molar-refractivity contribution < 1.29 is 9.26 Å². The van der Waals surface area contributed by atoms with E-state index in [0.29, 0.717) is 24.6 Å². The lowest BCUT2D eigenvalue weighted by molar-refractivity contribution is 0.137. The third-order valence-corrected chi connectivity index (χ3v) is 8.08. The van der Waals surface area contributed by atoms with Gasteiger partial charge in [0.25, 0.3) is 5.56 Å². The van der Waals surface area contributed by atoms with Gasteiger partial charge in [-0.25, -0.2) is 9.78 Å². The number of hydrogen-bond donors (Lipinski definition) is 1. The minimum absolute atomic E-state index is 0.00197. The molecule has 0 saturated heterocycles. The third-order valence-electron chi connectivity index (χ3n) is 8.08. The Hall–Kier alpha value is -4.72. The number of hydrogen-bond acceptors (Lipinski definition) is 6. The van der Waals surface area contributed by atoms with E-state index in [2.05, 4.69) is 37.0 Å². The zero-order valence-electron chi connectivity index (χ0n) is 25.1. The molecular formula is C35H36N4O4. The molecule has 5 aromatic rings. The number of nitrogens with zero attached hydrogens (tertiary/aromatic N) is 3. The van der Waals surface area contributed by atoms with E-state index in [1.807, 2.05) is 67.6 Å². The summed E-state index contributed by atoms with van der Waals surface area (Å²) in [6, 6.07) is 22.1. The maximum Gasteiger partial charge on any atom is 0.439 e. The number of rotatable bonds is 9. The van der Waals surface area contributed by atoms with Crippen LogP contribution in [0.2, 0.25) is 0 Å². The predicted molar refractivity (Wildman–Crippen MR) is 167 cm³/mol. The fourth-order valence-corrected chi connectivity index (χ4v) is 5.94. The summed E-state index contributed by atoms with van der Waals surface area (Å²) in [7, 11) is 0. The molecule has 0 aliphatic carbocycles. The van der Waals surface area contributed by atoms with Crippen molar-refractivity contribution >= 4 is 0 Å². The molecule has 0 bridgehead atoms. The summed E-state index contributed by atoms with van der Waals surface area (Å²) >= 11 is 0. The molecule has 43 heavy (non-hydrogen) atoms. The second-order valence-electron chi connectivity index (χ2n) is 11.9. The zero-order valence-corrected chi connectivity index (χ0v) is 25.1. The highest BCUT2D eigenvalue weighted by molar-refractivity contribution is 5.80. The second-order valence-corrected chi connectivity index (χ2v) is 11.9. The Kier molecular flexibility index (Phi) is 7.61. The van der Waals surface area contributed by atoms with Crippen LogP contribution in [0.1, 0.15) is 67.4 Å². The van der Waals surface area contributed by atoms with Crippen LogP contribution in [0, 0.1) is 6.92 Å². The highest BCUT2D eigenvalue weighted by atomic mass is 16.5. The molecule has 8 nitrogen and oxygen atoms in total. The van der Waals surface area contributed by atoms with Gasteiger partial charge in [-0.05, 0) is 55.9 Å². The van der Waals surface area contributed by atoms with Gasteiger partial charge in [0.2, 0.25) is 0 Å². The third kappa shape index (κ3) is 5.82. The molecule has 6 rings (SSSR count). The first kappa shape index (κ1) is 28.4. The zero-order chi connectivity index (χ0) is 30.1. The van der Waals surface area contributed by atoms with Crippen molar-refractivity contribution in [2.24, 2.45) is 0 Å². The Morgan fingerprint density at radius 3 is 2.47 bits per heavy atom. The van der Waals surface area contributed by atoms with Crippen LogP contribution < -0.4 is 16.1 Å². The Balaban J connectivity index is 1.33. The largest absolute Gasteiger partial charge is 0.487 e. The van der Waals surface area contributed by atoms with Gasteiger partial charge >= 0.3 is 5.76 Å². The van der Waals surface area contributed by atoms with Crippen LogP contribution in [-0.4, -0.2) is 25.3 Å². The molecule has 220 valence electrons. The number of H-pyrrole nitrogens is 1. The lowest BCUT2D eigenvalue weighted by Gasteiger charge is -2.19. The van der Waals surface area contributed by atoms with Crippen LogP contribution in [0.4, 0.5) is 0 Å². The Morgan fingerprint density at radius 2 is 1.74 bits per heavy atom. The molecule has 0 fully saturated rings. The van der Waals surface area contributed by atoms with Crippen LogP contribution in [0.5, 0.6) is 5.75 Å². The Bertz CT molecular complexity index is 1900. The minimum Gasteiger partial charge on any atom is -0.487 e. The molecular weight excluding hydrogens is 540 g/mol. The van der Waals surface area contributed by atoms with E-state index in [1.165, 1.54) is 5.56 Å². The molecule has 1 aliphatic heterocycles. The van der Waals surface area contributed by atoms with Gasteiger partial charge in [-0.15, -0.1) is 0 Å². The highest BCUT2D eigenvalue weighted by Gasteiger charge is 2.31. The number of ether oxygens (including phenoxy) is 1. The molecule has 2 aromatic heterocycles. The molecule has 1 aliphatic rings. The predicted octanol–water partition coefficient (Wildman–Crippen LogP) is 6.26. The molecule has 0 spiro atoms. The van der Waals surface area contributed by atoms with E-state index < -0.39 is 5.76 Å². The van der Waals surface area contributed by atoms with E-state index >= 15 is 0 Å². The average molecular weight is 577 g/mol. The smallest absolute Gasteiger partial charge is 0.439 e. The van der Waals surface area contributed by atoms with Gasteiger partial charge < -0.3 is 4.74 Å². The monoisotopic (exact) mass is 576 g/mol. The van der Waals surface area contributed by atoms with Gasteiger partial charge in [-0.1, -0.05) is 85.2 Å². The highest BCUT2D eigenvalue weighted by Crippen LogP contribution is 2.38. The number of unbranched alkanes of at least 4 members (excludes halogenated alkanes) is 1. The first-order valence-corrected chi connectivity index (χ1v) is 14.9. The summed E-state index contributed by atoms with van der Waals surface area (Å²) in [4.78, 5) is 33.3. The Labute approximate surface area is 250 Å². The van der Waals surface area contributed by atoms with Crippen molar-refractivity contribution in [3.8, 4) is 28.3 Å². The summed E-state index contributed by atoms with van der Waals surface area (Å²) in [6.45, 7) is 8.67. The fraction of sp³-hybridized carbons (Fsp3) is 0.314. The van der Waals surface area contributed by atoms with Gasteiger partial charge in [0.1, 0.15) is 17.2 Å². The second kappa shape index (κ2) is 11.5. The molecule has 0 atom stereocenters. The maximum atomic E-state index is 14.1. The number of para-hydroxylation sites is 1. The van der Waals surface area contributed by atoms with Crippen molar-refractivity contribution in [2.45, 2.75) is 71.9 Å². The van der Waals surface area contributed by atoms with Crippen molar-refractivity contribution in [3.05, 3.63) is 121 Å². The van der Waals surface area contributed by atoms with Crippen LogP contribution >= 0.6 is 0 Å². The van der Waals surface area contributed by atoms with E-state index in [9.17, 15) is 9.59 Å². The van der Waals surface area contributed by atoms with Crippen LogP contribution in [0.25, 0.3) is 22.5 Å². The first-order chi connectivity index (χ1) is 20.7. The van der Waals surface area contributed by atoms with E-state index in [1.54, 1.807) is 4.57 Å². The van der Waals surface area contributed by atoms with Crippen molar-refractivity contribution in [3.63, 3.8) is 0 Å². The Morgan fingerprint density at radius 1 is 0.977 bits per heavy atom. The van der Waals surface area contributed by atoms with Crippen LogP contribution in [0.3, 0.4) is 0 Å². The van der Waals surface area contributed by atoms with E-state index in [4.69, 9.17) is 14.2 Å². The van der Waals surface area contributed by atoms with Gasteiger partial charge in [0.15, 0.2) is 5.82 Å². The standard InChI is InChI=1S/C35H36N4O4/c1-5-6-14-30-29(33(40)39(22(2)36-30)21-26-11-9-10-25-20-35(3,4)42-31(25)26)19-23-15-17-24(18-16-23)27-12-7-8-13-28(27)32-37-34(41)43-38-32/h7-13,15-18H,5-6,14,19-21H2,1-4H3,(H,37,38,41). The summed E-state index contributed by atoms with van der Waals surface area (Å²) in [6.07, 6.45) is 4.10. The van der Waals surface area contributed by atoms with Crippen molar-refractivity contribution in [1.29, 1.82) is 0 Å². The number of aryl methyl sites for hydroxylation is 2. The summed E-state index contributed by atoms with van der Waals surface area (Å²) in [5.74, 6) is 1.40. The van der Waals surface area contributed by atoms with E-state index in [0.717, 1.165) is 70.5 Å². The lowest BCUT2D eigenvalue weighted by Crippen LogP contribution is -2.30. The van der Waals surface area contributed by atoms with Gasteiger partial charge in [0.05, 0.1) is 12.2 Å². The van der Waals surface area contributed by atoms with Gasteiger partial charge in [0, 0.05) is 29.5 Å². The summed E-state index contributed by atoms with van der Waals surface area (Å²) in [5.41, 5.74) is 7.21. The number of aromatic nitrogens is 4. The molecule has 0 saturated carbocycles. The molecule has 3 aromatic carbocycles. The molecule has 8 heteroatoms. The van der Waals surface area contributed by atoms with Crippen molar-refractivity contribution in [2.75, 3.05) is 0 Å². The van der Waals surface area contributed by atoms with E-state index in [-0.39, 0.29) is 11.2 Å².